The molecule has 9 heteroatoms. The van der Waals surface area contributed by atoms with Crippen molar-refractivity contribution < 1.29 is 13.2 Å². The number of morpholine rings is 1. The van der Waals surface area contributed by atoms with Crippen LogP contribution in [0.2, 0.25) is 5.02 Å². The molecule has 0 atom stereocenters. The molecule has 0 aliphatic carbocycles. The van der Waals surface area contributed by atoms with Crippen molar-refractivity contribution in [3.05, 3.63) is 83.8 Å². The summed E-state index contributed by atoms with van der Waals surface area (Å²) in [4.78, 5) is 7.05. The first kappa shape index (κ1) is 21.9. The number of anilines is 1. The molecule has 4 aromatic rings. The van der Waals surface area contributed by atoms with Crippen molar-refractivity contribution in [1.29, 1.82) is 0 Å². The van der Waals surface area contributed by atoms with Crippen LogP contribution in [0.3, 0.4) is 0 Å². The van der Waals surface area contributed by atoms with Gasteiger partial charge in [-0.15, -0.1) is 0 Å². The standard InChI is InChI=1S/C24H23ClN4O3S/c25-22-8-6-18(14-23(22)27-33(30,31)21-4-2-1-3-5-21)19-7-9-24-26-15-20(29(24)16-19)17-28-10-12-32-13-11-28/h1-9,14-16,27H,10-13,17H2. The van der Waals surface area contributed by atoms with Crippen molar-refractivity contribution in [1.82, 2.24) is 14.3 Å². The highest BCUT2D eigenvalue weighted by Gasteiger charge is 2.17. The van der Waals surface area contributed by atoms with Gasteiger partial charge in [0.2, 0.25) is 0 Å². The van der Waals surface area contributed by atoms with Crippen molar-refractivity contribution in [2.45, 2.75) is 11.4 Å². The van der Waals surface area contributed by atoms with E-state index in [1.54, 1.807) is 42.5 Å². The molecule has 33 heavy (non-hydrogen) atoms. The van der Waals surface area contributed by atoms with Crippen LogP contribution >= 0.6 is 11.6 Å². The van der Waals surface area contributed by atoms with Crippen molar-refractivity contribution >= 4 is 33.0 Å². The zero-order chi connectivity index (χ0) is 22.8. The van der Waals surface area contributed by atoms with Crippen LogP contribution in [0.15, 0.2) is 78.0 Å². The summed E-state index contributed by atoms with van der Waals surface area (Å²) in [5.74, 6) is 0. The van der Waals surface area contributed by atoms with E-state index in [-0.39, 0.29) is 4.90 Å². The number of nitrogens with one attached hydrogen (secondary N) is 1. The average molecular weight is 483 g/mol. The van der Waals surface area contributed by atoms with Gasteiger partial charge in [0.15, 0.2) is 0 Å². The summed E-state index contributed by atoms with van der Waals surface area (Å²) in [6, 6.07) is 17.5. The fraction of sp³-hybridized carbons (Fsp3) is 0.208. The third-order valence-electron chi connectivity index (χ3n) is 5.67. The van der Waals surface area contributed by atoms with Crippen LogP contribution < -0.4 is 4.72 Å². The first-order chi connectivity index (χ1) is 16.0. The summed E-state index contributed by atoms with van der Waals surface area (Å²) in [6.45, 7) is 4.07. The maximum Gasteiger partial charge on any atom is 0.261 e. The summed E-state index contributed by atoms with van der Waals surface area (Å²) >= 11 is 6.33. The Kier molecular flexibility index (Phi) is 6.07. The zero-order valence-corrected chi connectivity index (χ0v) is 19.4. The molecule has 0 radical (unpaired) electrons. The fourth-order valence-corrected chi connectivity index (χ4v) is 5.21. The molecule has 1 aliphatic heterocycles. The van der Waals surface area contributed by atoms with Crippen molar-refractivity contribution in [3.8, 4) is 11.1 Å². The van der Waals surface area contributed by atoms with Crippen LogP contribution in [-0.4, -0.2) is 49.0 Å². The molecule has 1 N–H and O–H groups in total. The number of benzene rings is 2. The monoisotopic (exact) mass is 482 g/mol. The van der Waals surface area contributed by atoms with Crippen molar-refractivity contribution in [3.63, 3.8) is 0 Å². The van der Waals surface area contributed by atoms with E-state index >= 15 is 0 Å². The summed E-state index contributed by atoms with van der Waals surface area (Å²) in [5, 5.41) is 0.329. The number of halogens is 1. The van der Waals surface area contributed by atoms with Gasteiger partial charge in [-0.2, -0.15) is 0 Å². The number of ether oxygens (including phenoxy) is 1. The first-order valence-corrected chi connectivity index (χ1v) is 12.5. The summed E-state index contributed by atoms with van der Waals surface area (Å²) in [5.41, 5.74) is 4.06. The van der Waals surface area contributed by atoms with Gasteiger partial charge >= 0.3 is 0 Å². The molecular weight excluding hydrogens is 460 g/mol. The Morgan fingerprint density at radius 3 is 2.55 bits per heavy atom. The number of pyridine rings is 1. The Morgan fingerprint density at radius 1 is 1.00 bits per heavy atom. The van der Waals surface area contributed by atoms with E-state index in [0.29, 0.717) is 10.7 Å². The molecule has 7 nitrogen and oxygen atoms in total. The van der Waals surface area contributed by atoms with Gasteiger partial charge in [-0.3, -0.25) is 9.62 Å². The molecule has 0 amide bonds. The minimum atomic E-state index is -3.75. The van der Waals surface area contributed by atoms with E-state index in [1.807, 2.05) is 30.6 Å². The van der Waals surface area contributed by atoms with Crippen LogP contribution in [0.1, 0.15) is 5.69 Å². The van der Waals surface area contributed by atoms with Gasteiger partial charge in [-0.1, -0.05) is 35.9 Å². The maximum atomic E-state index is 12.8. The summed E-state index contributed by atoms with van der Waals surface area (Å²) in [6.07, 6.45) is 3.92. The van der Waals surface area contributed by atoms with E-state index < -0.39 is 10.0 Å². The predicted molar refractivity (Wildman–Crippen MR) is 129 cm³/mol. The number of hydrogen-bond donors (Lipinski definition) is 1. The SMILES string of the molecule is O=S(=O)(Nc1cc(-c2ccc3ncc(CN4CCOCC4)n3c2)ccc1Cl)c1ccccc1. The molecule has 170 valence electrons. The molecule has 5 rings (SSSR count). The molecular formula is C24H23ClN4O3S. The van der Waals surface area contributed by atoms with Gasteiger partial charge in [0.05, 0.1) is 40.7 Å². The smallest absolute Gasteiger partial charge is 0.261 e. The molecule has 0 saturated carbocycles. The molecule has 3 heterocycles. The zero-order valence-electron chi connectivity index (χ0n) is 17.8. The fourth-order valence-electron chi connectivity index (χ4n) is 3.89. The topological polar surface area (TPSA) is 75.9 Å². The van der Waals surface area contributed by atoms with Crippen LogP contribution in [-0.2, 0) is 21.3 Å². The van der Waals surface area contributed by atoms with E-state index in [0.717, 1.165) is 55.3 Å². The third-order valence-corrected chi connectivity index (χ3v) is 7.38. The minimum absolute atomic E-state index is 0.180. The van der Waals surface area contributed by atoms with E-state index in [2.05, 4.69) is 19.0 Å². The molecule has 1 fully saturated rings. The number of sulfonamides is 1. The molecule has 0 bridgehead atoms. The highest BCUT2D eigenvalue weighted by molar-refractivity contribution is 7.92. The molecule has 0 spiro atoms. The van der Waals surface area contributed by atoms with Gasteiger partial charge in [-0.25, -0.2) is 13.4 Å². The lowest BCUT2D eigenvalue weighted by molar-refractivity contribution is 0.0335. The second-order valence-corrected chi connectivity index (χ2v) is 9.99. The average Bonchev–Trinajstić information content (AvgIpc) is 3.23. The van der Waals surface area contributed by atoms with E-state index in [1.165, 1.54) is 0 Å². The molecule has 1 aliphatic rings. The number of hydrogen-bond acceptors (Lipinski definition) is 5. The van der Waals surface area contributed by atoms with Crippen LogP contribution in [0.5, 0.6) is 0 Å². The van der Waals surface area contributed by atoms with Crippen molar-refractivity contribution in [2.75, 3.05) is 31.0 Å². The normalized spacial score (nSPS) is 15.1. The number of nitrogens with zero attached hydrogens (tertiary/aromatic N) is 3. The second-order valence-electron chi connectivity index (χ2n) is 7.90. The molecule has 0 unspecified atom stereocenters. The lowest BCUT2D eigenvalue weighted by Crippen LogP contribution is -2.35. The Morgan fingerprint density at radius 2 is 1.76 bits per heavy atom. The number of rotatable bonds is 6. The largest absolute Gasteiger partial charge is 0.379 e. The second kappa shape index (κ2) is 9.15. The minimum Gasteiger partial charge on any atom is -0.379 e. The Bertz CT molecular complexity index is 1380. The first-order valence-electron chi connectivity index (χ1n) is 10.6. The van der Waals surface area contributed by atoms with Gasteiger partial charge < -0.3 is 9.14 Å². The van der Waals surface area contributed by atoms with Gasteiger partial charge in [0, 0.05) is 25.8 Å². The molecule has 1 saturated heterocycles. The molecule has 2 aromatic carbocycles. The Balaban J connectivity index is 1.45. The van der Waals surface area contributed by atoms with E-state index in [4.69, 9.17) is 16.3 Å². The predicted octanol–water partition coefficient (Wildman–Crippen LogP) is 4.29. The Hall–Kier alpha value is -2.91. The van der Waals surface area contributed by atoms with Gasteiger partial charge in [0.1, 0.15) is 5.65 Å². The highest BCUT2D eigenvalue weighted by atomic mass is 35.5. The maximum absolute atomic E-state index is 12.8. The lowest BCUT2D eigenvalue weighted by Gasteiger charge is -2.26. The number of aromatic nitrogens is 2. The van der Waals surface area contributed by atoms with Crippen LogP contribution in [0.4, 0.5) is 5.69 Å². The van der Waals surface area contributed by atoms with Gasteiger partial charge in [0.25, 0.3) is 10.0 Å². The van der Waals surface area contributed by atoms with Crippen LogP contribution in [0, 0.1) is 0 Å². The molecule has 2 aromatic heterocycles. The summed E-state index contributed by atoms with van der Waals surface area (Å²) < 4.78 is 35.7. The van der Waals surface area contributed by atoms with E-state index in [9.17, 15) is 8.42 Å². The highest BCUT2D eigenvalue weighted by Crippen LogP contribution is 2.31. The van der Waals surface area contributed by atoms with Gasteiger partial charge in [-0.05, 0) is 47.5 Å². The quantitative estimate of drug-likeness (QED) is 0.443. The van der Waals surface area contributed by atoms with Crippen molar-refractivity contribution in [2.24, 2.45) is 0 Å². The third kappa shape index (κ3) is 4.74. The number of fused-ring (bicyclic) bond motifs is 1. The summed E-state index contributed by atoms with van der Waals surface area (Å²) in [7, 11) is -3.75. The Labute approximate surface area is 197 Å². The van der Waals surface area contributed by atoms with Crippen LogP contribution in [0.25, 0.3) is 16.8 Å². The lowest BCUT2D eigenvalue weighted by atomic mass is 10.1. The number of imidazole rings is 1.